The van der Waals surface area contributed by atoms with Crippen molar-refractivity contribution in [3.8, 4) is 0 Å². The fourth-order valence-electron chi connectivity index (χ4n) is 1.01. The van der Waals surface area contributed by atoms with Crippen LogP contribution in [-0.4, -0.2) is 15.9 Å². The molecule has 0 saturated carbocycles. The summed E-state index contributed by atoms with van der Waals surface area (Å²) < 4.78 is 0.951. The Labute approximate surface area is 104 Å². The van der Waals surface area contributed by atoms with Crippen LogP contribution in [0.1, 0.15) is 9.67 Å². The van der Waals surface area contributed by atoms with E-state index in [0.717, 1.165) is 3.57 Å². The van der Waals surface area contributed by atoms with Crippen molar-refractivity contribution in [2.45, 2.75) is 0 Å². The Balaban J connectivity index is 2.15. The van der Waals surface area contributed by atoms with Crippen LogP contribution in [0.15, 0.2) is 30.2 Å². The minimum Gasteiger partial charge on any atom is -0.319 e. The van der Waals surface area contributed by atoms with Crippen LogP contribution in [0, 0.1) is 3.57 Å². The number of aromatic nitrogens is 2. The molecule has 15 heavy (non-hydrogen) atoms. The largest absolute Gasteiger partial charge is 0.319 e. The number of carbonyl (C=O) groups is 1. The van der Waals surface area contributed by atoms with E-state index < -0.39 is 0 Å². The SMILES string of the molecule is O=C(Nc1cncnc1)c1sccc1I. The fourth-order valence-corrected chi connectivity index (χ4v) is 2.74. The van der Waals surface area contributed by atoms with Crippen molar-refractivity contribution in [2.75, 3.05) is 5.32 Å². The molecule has 0 fully saturated rings. The highest BCUT2D eigenvalue weighted by molar-refractivity contribution is 14.1. The van der Waals surface area contributed by atoms with Crippen LogP contribution in [0.2, 0.25) is 0 Å². The van der Waals surface area contributed by atoms with Crippen molar-refractivity contribution < 1.29 is 4.79 Å². The number of nitrogens with zero attached hydrogens (tertiary/aromatic N) is 2. The first kappa shape index (κ1) is 10.5. The molecule has 0 aliphatic carbocycles. The van der Waals surface area contributed by atoms with Crippen LogP contribution in [-0.2, 0) is 0 Å². The molecule has 0 aliphatic heterocycles. The molecule has 0 radical (unpaired) electrons. The van der Waals surface area contributed by atoms with Crippen LogP contribution >= 0.6 is 33.9 Å². The van der Waals surface area contributed by atoms with E-state index in [1.807, 2.05) is 11.4 Å². The van der Waals surface area contributed by atoms with E-state index in [1.54, 1.807) is 12.4 Å². The minimum atomic E-state index is -0.121. The number of anilines is 1. The molecule has 76 valence electrons. The standard InChI is InChI=1S/C9H6IN3OS/c10-7-1-2-15-8(7)9(14)13-6-3-11-5-12-4-6/h1-5H,(H,13,14). The molecule has 0 atom stereocenters. The van der Waals surface area contributed by atoms with Gasteiger partial charge >= 0.3 is 0 Å². The summed E-state index contributed by atoms with van der Waals surface area (Å²) in [6, 6.07) is 1.90. The van der Waals surface area contributed by atoms with E-state index in [4.69, 9.17) is 0 Å². The maximum atomic E-state index is 11.7. The van der Waals surface area contributed by atoms with Crippen LogP contribution in [0.4, 0.5) is 5.69 Å². The molecular weight excluding hydrogens is 325 g/mol. The predicted molar refractivity (Wildman–Crippen MR) is 67.0 cm³/mol. The molecule has 0 aliphatic rings. The lowest BCUT2D eigenvalue weighted by atomic mass is 10.4. The minimum absolute atomic E-state index is 0.121. The summed E-state index contributed by atoms with van der Waals surface area (Å²) >= 11 is 3.55. The third-order valence-corrected chi connectivity index (χ3v) is 3.82. The van der Waals surface area contributed by atoms with Gasteiger partial charge in [-0.2, -0.15) is 0 Å². The molecule has 0 spiro atoms. The van der Waals surface area contributed by atoms with Gasteiger partial charge in [-0.3, -0.25) is 4.79 Å². The Morgan fingerprint density at radius 2 is 2.13 bits per heavy atom. The van der Waals surface area contributed by atoms with Gasteiger partial charge < -0.3 is 5.32 Å². The maximum absolute atomic E-state index is 11.7. The average molecular weight is 331 g/mol. The molecule has 0 bridgehead atoms. The van der Waals surface area contributed by atoms with Gasteiger partial charge in [-0.15, -0.1) is 11.3 Å². The van der Waals surface area contributed by atoms with Gasteiger partial charge in [-0.25, -0.2) is 9.97 Å². The molecule has 6 heteroatoms. The molecule has 2 aromatic heterocycles. The quantitative estimate of drug-likeness (QED) is 0.860. The molecule has 2 rings (SSSR count). The van der Waals surface area contributed by atoms with E-state index in [2.05, 4.69) is 37.9 Å². The third kappa shape index (κ3) is 2.51. The molecule has 2 heterocycles. The number of amides is 1. The van der Waals surface area contributed by atoms with Gasteiger partial charge in [0.15, 0.2) is 0 Å². The van der Waals surface area contributed by atoms with E-state index in [9.17, 15) is 4.79 Å². The highest BCUT2D eigenvalue weighted by Gasteiger charge is 2.11. The van der Waals surface area contributed by atoms with Gasteiger partial charge in [0.05, 0.1) is 18.1 Å². The summed E-state index contributed by atoms with van der Waals surface area (Å²) in [6.07, 6.45) is 4.54. The summed E-state index contributed by atoms with van der Waals surface area (Å²) in [4.78, 5) is 20.1. The zero-order valence-corrected chi connectivity index (χ0v) is 10.4. The van der Waals surface area contributed by atoms with Crippen molar-refractivity contribution in [3.05, 3.63) is 38.6 Å². The van der Waals surface area contributed by atoms with E-state index in [0.29, 0.717) is 10.6 Å². The van der Waals surface area contributed by atoms with Crippen molar-refractivity contribution in [3.63, 3.8) is 0 Å². The summed E-state index contributed by atoms with van der Waals surface area (Å²) in [5.74, 6) is -0.121. The van der Waals surface area contributed by atoms with E-state index >= 15 is 0 Å². The van der Waals surface area contributed by atoms with E-state index in [1.165, 1.54) is 17.7 Å². The average Bonchev–Trinajstić information content (AvgIpc) is 2.66. The van der Waals surface area contributed by atoms with Gasteiger partial charge in [0.25, 0.3) is 5.91 Å². The van der Waals surface area contributed by atoms with Crippen molar-refractivity contribution in [2.24, 2.45) is 0 Å². The van der Waals surface area contributed by atoms with E-state index in [-0.39, 0.29) is 5.91 Å². The van der Waals surface area contributed by atoms with Gasteiger partial charge in [-0.1, -0.05) is 0 Å². The Hall–Kier alpha value is -1.02. The molecule has 4 nitrogen and oxygen atoms in total. The lowest BCUT2D eigenvalue weighted by Gasteiger charge is -2.01. The fraction of sp³-hybridized carbons (Fsp3) is 0. The molecule has 2 aromatic rings. The van der Waals surface area contributed by atoms with Crippen LogP contribution < -0.4 is 5.32 Å². The molecule has 1 N–H and O–H groups in total. The Bertz CT molecular complexity index is 471. The summed E-state index contributed by atoms with van der Waals surface area (Å²) in [5, 5.41) is 4.61. The van der Waals surface area contributed by atoms with Gasteiger partial charge in [-0.05, 0) is 34.0 Å². The second kappa shape index (κ2) is 4.67. The molecule has 0 unspecified atom stereocenters. The first-order valence-electron chi connectivity index (χ1n) is 4.07. The number of thiophene rings is 1. The number of nitrogens with one attached hydrogen (secondary N) is 1. The molecule has 0 saturated heterocycles. The number of hydrogen-bond acceptors (Lipinski definition) is 4. The summed E-state index contributed by atoms with van der Waals surface area (Å²) in [6.45, 7) is 0. The normalized spacial score (nSPS) is 9.93. The lowest BCUT2D eigenvalue weighted by Crippen LogP contribution is -2.11. The second-order valence-corrected chi connectivity index (χ2v) is 4.76. The van der Waals surface area contributed by atoms with Crippen LogP contribution in [0.3, 0.4) is 0 Å². The Morgan fingerprint density at radius 3 is 2.73 bits per heavy atom. The van der Waals surface area contributed by atoms with Gasteiger partial charge in [0.2, 0.25) is 0 Å². The second-order valence-electron chi connectivity index (χ2n) is 2.68. The van der Waals surface area contributed by atoms with Gasteiger partial charge in [0, 0.05) is 3.57 Å². The van der Waals surface area contributed by atoms with Crippen molar-refractivity contribution in [1.82, 2.24) is 9.97 Å². The molecular formula is C9H6IN3OS. The zero-order valence-electron chi connectivity index (χ0n) is 7.48. The molecule has 1 amide bonds. The number of carbonyl (C=O) groups excluding carboxylic acids is 1. The first-order chi connectivity index (χ1) is 7.27. The highest BCUT2D eigenvalue weighted by Crippen LogP contribution is 2.19. The number of rotatable bonds is 2. The Morgan fingerprint density at radius 1 is 1.40 bits per heavy atom. The zero-order chi connectivity index (χ0) is 10.7. The highest BCUT2D eigenvalue weighted by atomic mass is 127. The van der Waals surface area contributed by atoms with Crippen LogP contribution in [0.25, 0.3) is 0 Å². The maximum Gasteiger partial charge on any atom is 0.266 e. The lowest BCUT2D eigenvalue weighted by molar-refractivity contribution is 0.102. The van der Waals surface area contributed by atoms with Crippen molar-refractivity contribution in [1.29, 1.82) is 0 Å². The monoisotopic (exact) mass is 331 g/mol. The van der Waals surface area contributed by atoms with Gasteiger partial charge in [0.1, 0.15) is 11.2 Å². The molecule has 0 aromatic carbocycles. The smallest absolute Gasteiger partial charge is 0.266 e. The Kier molecular flexibility index (Phi) is 3.27. The first-order valence-corrected chi connectivity index (χ1v) is 6.02. The predicted octanol–water partition coefficient (Wildman–Crippen LogP) is 2.40. The van der Waals surface area contributed by atoms with Crippen LogP contribution in [0.5, 0.6) is 0 Å². The topological polar surface area (TPSA) is 54.9 Å². The van der Waals surface area contributed by atoms with Crippen molar-refractivity contribution >= 4 is 45.5 Å². The summed E-state index contributed by atoms with van der Waals surface area (Å²) in [7, 11) is 0. The summed E-state index contributed by atoms with van der Waals surface area (Å²) in [5.41, 5.74) is 0.603. The number of halogens is 1. The third-order valence-electron chi connectivity index (χ3n) is 1.64. The number of hydrogen-bond donors (Lipinski definition) is 1.